The minimum atomic E-state index is -0.274. The van der Waals surface area contributed by atoms with Crippen molar-refractivity contribution in [3.63, 3.8) is 0 Å². The van der Waals surface area contributed by atoms with Gasteiger partial charge < -0.3 is 0 Å². The SMILES string of the molecule is CCCCCCCCc1ccc(-c2ccc(C3CCC(C#N)(C4CCCC(=O)C4)CC3)cc2)cc1. The molecule has 0 saturated heterocycles. The third kappa shape index (κ3) is 6.63. The Hall–Kier alpha value is -2.40. The molecule has 0 aliphatic heterocycles. The summed E-state index contributed by atoms with van der Waals surface area (Å²) in [5.74, 6) is 1.18. The van der Waals surface area contributed by atoms with Gasteiger partial charge >= 0.3 is 0 Å². The molecule has 2 aromatic rings. The average molecular weight is 470 g/mol. The molecule has 0 N–H and O–H groups in total. The van der Waals surface area contributed by atoms with Gasteiger partial charge in [0.25, 0.3) is 0 Å². The molecule has 0 heterocycles. The highest BCUT2D eigenvalue weighted by Gasteiger charge is 2.43. The van der Waals surface area contributed by atoms with Gasteiger partial charge in [-0.15, -0.1) is 0 Å². The summed E-state index contributed by atoms with van der Waals surface area (Å²) >= 11 is 0. The number of Topliss-reactive ketones (excluding diaryl/α,β-unsaturated/α-hetero) is 1. The fourth-order valence-corrected chi connectivity index (χ4v) is 6.49. The lowest BCUT2D eigenvalue weighted by Crippen LogP contribution is -2.36. The quantitative estimate of drug-likeness (QED) is 0.325. The van der Waals surface area contributed by atoms with Gasteiger partial charge in [-0.3, -0.25) is 4.79 Å². The molecule has 2 fully saturated rings. The molecule has 0 spiro atoms. The molecule has 2 aliphatic carbocycles. The Bertz CT molecular complexity index is 973. The predicted molar refractivity (Wildman–Crippen MR) is 145 cm³/mol. The highest BCUT2D eigenvalue weighted by atomic mass is 16.1. The Morgan fingerprint density at radius 3 is 2.11 bits per heavy atom. The van der Waals surface area contributed by atoms with Crippen LogP contribution in [0.4, 0.5) is 0 Å². The van der Waals surface area contributed by atoms with Crippen molar-refractivity contribution in [1.82, 2.24) is 0 Å². The summed E-state index contributed by atoms with van der Waals surface area (Å²) in [5, 5.41) is 10.0. The van der Waals surface area contributed by atoms with Crippen LogP contribution in [0.15, 0.2) is 48.5 Å². The van der Waals surface area contributed by atoms with E-state index in [0.29, 0.717) is 18.1 Å². The van der Waals surface area contributed by atoms with Crippen LogP contribution in [0.2, 0.25) is 0 Å². The molecule has 1 unspecified atom stereocenters. The molecule has 186 valence electrons. The lowest BCUT2D eigenvalue weighted by atomic mass is 9.60. The van der Waals surface area contributed by atoms with Crippen molar-refractivity contribution in [3.8, 4) is 17.2 Å². The number of aryl methyl sites for hydroxylation is 1. The second kappa shape index (κ2) is 12.5. The lowest BCUT2D eigenvalue weighted by Gasteiger charge is -2.42. The molecular formula is C33H43NO. The third-order valence-corrected chi connectivity index (χ3v) is 8.85. The molecule has 4 rings (SSSR count). The summed E-state index contributed by atoms with van der Waals surface area (Å²) in [4.78, 5) is 12.0. The van der Waals surface area contributed by atoms with Gasteiger partial charge in [-0.2, -0.15) is 5.26 Å². The first kappa shape index (κ1) is 25.7. The Morgan fingerprint density at radius 1 is 0.857 bits per heavy atom. The summed E-state index contributed by atoms with van der Waals surface area (Å²) in [6.07, 6.45) is 16.6. The molecule has 0 amide bonds. The van der Waals surface area contributed by atoms with Crippen LogP contribution < -0.4 is 0 Å². The van der Waals surface area contributed by atoms with Crippen LogP contribution in [0, 0.1) is 22.7 Å². The van der Waals surface area contributed by atoms with Gasteiger partial charge in [-0.1, -0.05) is 87.6 Å². The van der Waals surface area contributed by atoms with Crippen LogP contribution in [-0.2, 0) is 11.2 Å². The average Bonchev–Trinajstić information content (AvgIpc) is 2.91. The minimum absolute atomic E-state index is 0.274. The summed E-state index contributed by atoms with van der Waals surface area (Å²) < 4.78 is 0. The highest BCUT2D eigenvalue weighted by Crippen LogP contribution is 2.50. The van der Waals surface area contributed by atoms with Crippen LogP contribution in [0.3, 0.4) is 0 Å². The van der Waals surface area contributed by atoms with Crippen molar-refractivity contribution < 1.29 is 4.79 Å². The van der Waals surface area contributed by atoms with Crippen molar-refractivity contribution >= 4 is 5.78 Å². The molecule has 2 heteroatoms. The second-order valence-electron chi connectivity index (χ2n) is 11.2. The largest absolute Gasteiger partial charge is 0.300 e. The van der Waals surface area contributed by atoms with E-state index in [1.807, 2.05) is 0 Å². The summed E-state index contributed by atoms with van der Waals surface area (Å²) in [7, 11) is 0. The van der Waals surface area contributed by atoms with Crippen molar-refractivity contribution in [2.24, 2.45) is 11.3 Å². The van der Waals surface area contributed by atoms with Crippen molar-refractivity contribution in [3.05, 3.63) is 59.7 Å². The Labute approximate surface area is 213 Å². The first-order chi connectivity index (χ1) is 17.1. The van der Waals surface area contributed by atoms with Crippen molar-refractivity contribution in [2.75, 3.05) is 0 Å². The number of hydrogen-bond donors (Lipinski definition) is 0. The first-order valence-electron chi connectivity index (χ1n) is 14.3. The maximum Gasteiger partial charge on any atom is 0.133 e. The molecule has 35 heavy (non-hydrogen) atoms. The number of hydrogen-bond acceptors (Lipinski definition) is 2. The second-order valence-corrected chi connectivity index (χ2v) is 11.2. The fraction of sp³-hybridized carbons (Fsp3) is 0.576. The molecule has 0 bridgehead atoms. The Balaban J connectivity index is 1.29. The van der Waals surface area contributed by atoms with Gasteiger partial charge in [-0.25, -0.2) is 0 Å². The van der Waals surface area contributed by atoms with Crippen molar-refractivity contribution in [1.29, 1.82) is 5.26 Å². The van der Waals surface area contributed by atoms with Gasteiger partial charge in [0.1, 0.15) is 5.78 Å². The standard InChI is InChI=1S/C33H43NO/c1-2-3-4-5-6-7-9-26-12-14-27(15-13-26)28-16-18-29(19-17-28)30-20-22-33(25-34,23-21-30)31-10-8-11-32(35)24-31/h12-19,30-31H,2-11,20-24H2,1H3. The Morgan fingerprint density at radius 2 is 1.49 bits per heavy atom. The number of carbonyl (C=O) groups is 1. The minimum Gasteiger partial charge on any atom is -0.300 e. The lowest BCUT2D eigenvalue weighted by molar-refractivity contribution is -0.123. The van der Waals surface area contributed by atoms with E-state index in [1.54, 1.807) is 0 Å². The molecule has 0 radical (unpaired) electrons. The number of carbonyl (C=O) groups excluding carboxylic acids is 1. The Kier molecular flexibility index (Phi) is 9.19. The number of nitrogens with zero attached hydrogens (tertiary/aromatic N) is 1. The normalized spacial score (nSPS) is 24.7. The third-order valence-electron chi connectivity index (χ3n) is 8.85. The number of benzene rings is 2. The van der Waals surface area contributed by atoms with E-state index in [1.165, 1.54) is 67.2 Å². The zero-order chi connectivity index (χ0) is 24.5. The van der Waals surface area contributed by atoms with Gasteiger partial charge in [0, 0.05) is 12.8 Å². The van der Waals surface area contributed by atoms with Crippen LogP contribution in [-0.4, -0.2) is 5.78 Å². The van der Waals surface area contributed by atoms with Crippen molar-refractivity contribution in [2.45, 2.75) is 109 Å². The van der Waals surface area contributed by atoms with E-state index in [-0.39, 0.29) is 11.3 Å². The number of ketones is 1. The summed E-state index contributed by atoms with van der Waals surface area (Å²) in [6.45, 7) is 2.27. The molecule has 2 nitrogen and oxygen atoms in total. The van der Waals surface area contributed by atoms with E-state index in [9.17, 15) is 10.1 Å². The first-order valence-corrected chi connectivity index (χ1v) is 14.3. The maximum atomic E-state index is 12.0. The summed E-state index contributed by atoms with van der Waals surface area (Å²) in [6, 6.07) is 21.0. The van der Waals surface area contributed by atoms with Gasteiger partial charge in [0.2, 0.25) is 0 Å². The predicted octanol–water partition coefficient (Wildman–Crippen LogP) is 9.18. The number of nitriles is 1. The zero-order valence-electron chi connectivity index (χ0n) is 21.7. The highest BCUT2D eigenvalue weighted by molar-refractivity contribution is 5.79. The smallest absolute Gasteiger partial charge is 0.133 e. The van der Waals surface area contributed by atoms with Crippen LogP contribution in [0.5, 0.6) is 0 Å². The van der Waals surface area contributed by atoms with Gasteiger partial charge in [-0.05, 0) is 85.5 Å². The van der Waals surface area contributed by atoms with E-state index in [4.69, 9.17) is 0 Å². The monoisotopic (exact) mass is 469 g/mol. The number of unbranched alkanes of at least 4 members (excludes halogenated alkanes) is 5. The van der Waals surface area contributed by atoms with E-state index < -0.39 is 0 Å². The zero-order valence-corrected chi connectivity index (χ0v) is 21.7. The molecule has 2 aromatic carbocycles. The molecule has 2 saturated carbocycles. The molecule has 0 aromatic heterocycles. The van der Waals surface area contributed by atoms with Gasteiger partial charge in [0.15, 0.2) is 0 Å². The molecule has 2 aliphatic rings. The van der Waals surface area contributed by atoms with Crippen LogP contribution >= 0.6 is 0 Å². The molecule has 1 atom stereocenters. The fourth-order valence-electron chi connectivity index (χ4n) is 6.49. The summed E-state index contributed by atoms with van der Waals surface area (Å²) in [5.41, 5.74) is 5.15. The van der Waals surface area contributed by atoms with Gasteiger partial charge in [0.05, 0.1) is 11.5 Å². The maximum absolute atomic E-state index is 12.0. The molecular weight excluding hydrogens is 426 g/mol. The van der Waals surface area contributed by atoms with Crippen LogP contribution in [0.1, 0.15) is 114 Å². The van der Waals surface area contributed by atoms with E-state index in [0.717, 1.165) is 44.9 Å². The number of rotatable bonds is 10. The van der Waals surface area contributed by atoms with E-state index in [2.05, 4.69) is 61.5 Å². The topological polar surface area (TPSA) is 40.9 Å². The van der Waals surface area contributed by atoms with Crippen LogP contribution in [0.25, 0.3) is 11.1 Å². The van der Waals surface area contributed by atoms with E-state index >= 15 is 0 Å².